The first kappa shape index (κ1) is 20.5. The second-order valence-electron chi connectivity index (χ2n) is 6.17. The summed E-state index contributed by atoms with van der Waals surface area (Å²) < 4.78 is 10.2. The van der Waals surface area contributed by atoms with Gasteiger partial charge in [0, 0.05) is 25.1 Å². The Kier molecular flexibility index (Phi) is 8.35. The summed E-state index contributed by atoms with van der Waals surface area (Å²) in [5.74, 6) is 1.14. The van der Waals surface area contributed by atoms with Crippen molar-refractivity contribution in [1.82, 2.24) is 15.6 Å². The van der Waals surface area contributed by atoms with Crippen LogP contribution in [0.1, 0.15) is 37.4 Å². The molecule has 0 radical (unpaired) electrons. The van der Waals surface area contributed by atoms with Crippen LogP contribution in [0.2, 0.25) is 0 Å². The van der Waals surface area contributed by atoms with Gasteiger partial charge in [-0.05, 0) is 38.8 Å². The number of nitrogens with one attached hydrogen (secondary N) is 2. The second-order valence-corrected chi connectivity index (χ2v) is 6.17. The molecule has 7 heteroatoms. The fourth-order valence-corrected chi connectivity index (χ4v) is 2.41. The van der Waals surface area contributed by atoms with Crippen molar-refractivity contribution in [2.24, 2.45) is 4.99 Å². The first-order valence-corrected chi connectivity index (χ1v) is 9.22. The van der Waals surface area contributed by atoms with E-state index in [-0.39, 0.29) is 5.97 Å². The van der Waals surface area contributed by atoms with Crippen LogP contribution in [-0.2, 0) is 16.1 Å². The number of hydrogen-bond donors (Lipinski definition) is 2. The number of aromatic nitrogens is 1. The minimum Gasteiger partial charge on any atom is -0.469 e. The van der Waals surface area contributed by atoms with Crippen molar-refractivity contribution in [2.45, 2.75) is 39.7 Å². The molecular weight excluding hydrogens is 344 g/mol. The Labute approximate surface area is 160 Å². The number of hydrogen-bond acceptors (Lipinski definition) is 5. The normalized spacial score (nSPS) is 11.3. The third-order valence-corrected chi connectivity index (χ3v) is 3.92. The maximum Gasteiger partial charge on any atom is 0.305 e. The Morgan fingerprint density at radius 1 is 1.22 bits per heavy atom. The van der Waals surface area contributed by atoms with Crippen molar-refractivity contribution < 1.29 is 13.9 Å². The highest BCUT2D eigenvalue weighted by molar-refractivity contribution is 5.79. The van der Waals surface area contributed by atoms with Crippen LogP contribution in [-0.4, -0.2) is 37.1 Å². The fourth-order valence-electron chi connectivity index (χ4n) is 2.41. The molecule has 7 nitrogen and oxygen atoms in total. The third kappa shape index (κ3) is 7.13. The van der Waals surface area contributed by atoms with Gasteiger partial charge in [0.05, 0.1) is 13.7 Å². The molecule has 0 spiro atoms. The summed E-state index contributed by atoms with van der Waals surface area (Å²) in [5, 5.41) is 6.45. The number of benzene rings is 1. The third-order valence-electron chi connectivity index (χ3n) is 3.92. The molecule has 0 amide bonds. The number of rotatable bonds is 9. The Morgan fingerprint density at radius 3 is 2.70 bits per heavy atom. The summed E-state index contributed by atoms with van der Waals surface area (Å²) in [4.78, 5) is 20.1. The van der Waals surface area contributed by atoms with Crippen LogP contribution in [0, 0.1) is 6.92 Å². The van der Waals surface area contributed by atoms with Crippen LogP contribution >= 0.6 is 0 Å². The van der Waals surface area contributed by atoms with Crippen molar-refractivity contribution in [3.63, 3.8) is 0 Å². The second kappa shape index (κ2) is 11.0. The van der Waals surface area contributed by atoms with Crippen molar-refractivity contribution in [2.75, 3.05) is 20.2 Å². The smallest absolute Gasteiger partial charge is 0.305 e. The van der Waals surface area contributed by atoms with E-state index in [2.05, 4.69) is 25.3 Å². The predicted molar refractivity (Wildman–Crippen MR) is 105 cm³/mol. The maximum atomic E-state index is 11.1. The van der Waals surface area contributed by atoms with E-state index in [4.69, 9.17) is 4.42 Å². The van der Waals surface area contributed by atoms with E-state index in [1.54, 1.807) is 6.26 Å². The summed E-state index contributed by atoms with van der Waals surface area (Å²) in [5.41, 5.74) is 2.92. The van der Waals surface area contributed by atoms with Gasteiger partial charge in [-0.2, -0.15) is 0 Å². The molecule has 0 saturated carbocycles. The Balaban J connectivity index is 1.85. The molecule has 0 unspecified atom stereocenters. The van der Waals surface area contributed by atoms with Gasteiger partial charge in [-0.25, -0.2) is 9.98 Å². The van der Waals surface area contributed by atoms with Crippen LogP contribution in [0.5, 0.6) is 0 Å². The van der Waals surface area contributed by atoms with Crippen molar-refractivity contribution in [3.05, 3.63) is 41.8 Å². The molecule has 2 N–H and O–H groups in total. The van der Waals surface area contributed by atoms with Gasteiger partial charge in [-0.15, -0.1) is 0 Å². The number of nitrogens with zero attached hydrogens (tertiary/aromatic N) is 2. The Hall–Kier alpha value is -2.83. The number of ether oxygens (including phenoxy) is 1. The number of guanidine groups is 1. The largest absolute Gasteiger partial charge is 0.469 e. The highest BCUT2D eigenvalue weighted by atomic mass is 16.5. The van der Waals surface area contributed by atoms with Crippen LogP contribution in [0.25, 0.3) is 11.5 Å². The van der Waals surface area contributed by atoms with Crippen LogP contribution in [0.4, 0.5) is 0 Å². The Morgan fingerprint density at radius 2 is 2.00 bits per heavy atom. The predicted octanol–water partition coefficient (Wildman–Crippen LogP) is 3.05. The Bertz CT molecular complexity index is 738. The number of methoxy groups -OCH3 is 1. The minimum absolute atomic E-state index is 0.175. The highest BCUT2D eigenvalue weighted by Gasteiger charge is 2.07. The topological polar surface area (TPSA) is 88.8 Å². The number of oxazole rings is 1. The molecule has 2 aromatic rings. The molecule has 0 bridgehead atoms. The van der Waals surface area contributed by atoms with E-state index in [1.807, 2.05) is 38.1 Å². The molecule has 27 heavy (non-hydrogen) atoms. The zero-order chi connectivity index (χ0) is 19.5. The summed E-state index contributed by atoms with van der Waals surface area (Å²) in [6.07, 6.45) is 3.72. The molecule has 1 aromatic carbocycles. The van der Waals surface area contributed by atoms with Gasteiger partial charge in [-0.3, -0.25) is 4.79 Å². The lowest BCUT2D eigenvalue weighted by Gasteiger charge is -2.10. The van der Waals surface area contributed by atoms with Crippen molar-refractivity contribution in [1.29, 1.82) is 0 Å². The maximum absolute atomic E-state index is 11.1. The molecule has 0 atom stereocenters. The summed E-state index contributed by atoms with van der Waals surface area (Å²) in [7, 11) is 1.41. The molecular formula is C20H28N4O3. The number of aryl methyl sites for hydroxylation is 1. The van der Waals surface area contributed by atoms with Crippen molar-refractivity contribution in [3.8, 4) is 11.5 Å². The average molecular weight is 372 g/mol. The molecule has 0 aliphatic rings. The zero-order valence-electron chi connectivity index (χ0n) is 16.2. The van der Waals surface area contributed by atoms with E-state index in [0.29, 0.717) is 18.9 Å². The monoisotopic (exact) mass is 372 g/mol. The molecule has 1 heterocycles. The zero-order valence-corrected chi connectivity index (χ0v) is 16.2. The standard InChI is InChI=1S/C20H28N4O3/c1-4-21-20(22-12-6-5-7-18(25)26-3)23-13-17-14-27-19(24-17)16-10-8-15(2)9-11-16/h8-11,14H,4-7,12-13H2,1-3H3,(H2,21,22,23). The van der Waals surface area contributed by atoms with Gasteiger partial charge in [0.15, 0.2) is 5.96 Å². The lowest BCUT2D eigenvalue weighted by atomic mass is 10.1. The first-order valence-electron chi connectivity index (χ1n) is 9.22. The summed E-state index contributed by atoms with van der Waals surface area (Å²) in [6.45, 7) is 5.98. The van der Waals surface area contributed by atoms with Gasteiger partial charge in [0.2, 0.25) is 5.89 Å². The molecule has 0 fully saturated rings. The summed E-state index contributed by atoms with van der Waals surface area (Å²) >= 11 is 0. The number of unbranched alkanes of at least 4 members (excludes halogenated alkanes) is 1. The van der Waals surface area contributed by atoms with Crippen LogP contribution < -0.4 is 10.6 Å². The highest BCUT2D eigenvalue weighted by Crippen LogP contribution is 2.19. The number of carbonyl (C=O) groups excluding carboxylic acids is 1. The fraction of sp³-hybridized carbons (Fsp3) is 0.450. The van der Waals surface area contributed by atoms with E-state index in [1.165, 1.54) is 12.7 Å². The molecule has 146 valence electrons. The first-order chi connectivity index (χ1) is 13.1. The average Bonchev–Trinajstić information content (AvgIpc) is 3.15. The number of carbonyl (C=O) groups is 1. The lowest BCUT2D eigenvalue weighted by molar-refractivity contribution is -0.140. The number of aliphatic imine (C=N–C) groups is 1. The van der Waals surface area contributed by atoms with E-state index in [9.17, 15) is 4.79 Å². The minimum atomic E-state index is -0.175. The molecule has 0 saturated heterocycles. The van der Waals surface area contributed by atoms with E-state index in [0.717, 1.165) is 43.1 Å². The van der Waals surface area contributed by atoms with Crippen molar-refractivity contribution >= 4 is 11.9 Å². The lowest BCUT2D eigenvalue weighted by Crippen LogP contribution is -2.37. The van der Waals surface area contributed by atoms with Crippen LogP contribution in [0.3, 0.4) is 0 Å². The molecule has 0 aliphatic carbocycles. The van der Waals surface area contributed by atoms with E-state index >= 15 is 0 Å². The molecule has 0 aliphatic heterocycles. The van der Waals surface area contributed by atoms with Crippen LogP contribution in [0.15, 0.2) is 39.9 Å². The van der Waals surface area contributed by atoms with Gasteiger partial charge >= 0.3 is 5.97 Å². The molecule has 1 aromatic heterocycles. The number of esters is 1. The quantitative estimate of drug-likeness (QED) is 0.304. The van der Waals surface area contributed by atoms with E-state index < -0.39 is 0 Å². The van der Waals surface area contributed by atoms with Gasteiger partial charge in [-0.1, -0.05) is 17.7 Å². The summed E-state index contributed by atoms with van der Waals surface area (Å²) in [6, 6.07) is 8.05. The SMILES string of the molecule is CCNC(=NCc1coc(-c2ccc(C)cc2)n1)NCCCCC(=O)OC. The van der Waals surface area contributed by atoms with Gasteiger partial charge in [0.25, 0.3) is 0 Å². The van der Waals surface area contributed by atoms with Gasteiger partial charge < -0.3 is 19.8 Å². The molecule has 2 rings (SSSR count). The van der Waals surface area contributed by atoms with Gasteiger partial charge in [0.1, 0.15) is 12.0 Å².